The SMILES string of the molecule is O=C(N/N=C/c1cccc([N+](=O)[O-])c1)c1nc[nH]c1C(=O)N/N=C/c1cccc([N+](=O)[O-])c1. The molecule has 3 rings (SSSR count). The predicted octanol–water partition coefficient (Wildman–Crippen LogP) is 1.75. The van der Waals surface area contributed by atoms with Crippen molar-refractivity contribution in [3.63, 3.8) is 0 Å². The maximum Gasteiger partial charge on any atom is 0.292 e. The second kappa shape index (κ2) is 10.2. The molecule has 0 unspecified atom stereocenters. The van der Waals surface area contributed by atoms with Crippen molar-refractivity contribution in [2.24, 2.45) is 10.2 Å². The smallest absolute Gasteiger partial charge is 0.292 e. The summed E-state index contributed by atoms with van der Waals surface area (Å²) in [6, 6.07) is 11.2. The standard InChI is InChI=1S/C19H14N8O6/c28-18(24-22-9-12-3-1-5-14(7-12)26(30)31)16-17(21-11-20-16)19(29)25-23-10-13-4-2-6-15(8-13)27(32)33/h1-11H,(H,20,21)(H,24,28)(H,25,29)/b22-9+,23-10+. The summed E-state index contributed by atoms with van der Waals surface area (Å²) in [4.78, 5) is 51.4. The number of benzene rings is 2. The minimum absolute atomic E-state index is 0.136. The fourth-order valence-electron chi connectivity index (χ4n) is 2.52. The largest absolute Gasteiger partial charge is 0.340 e. The van der Waals surface area contributed by atoms with E-state index in [1.165, 1.54) is 48.8 Å². The molecule has 1 aromatic heterocycles. The Morgan fingerprint density at radius 2 is 1.39 bits per heavy atom. The van der Waals surface area contributed by atoms with Gasteiger partial charge in [0.1, 0.15) is 5.69 Å². The van der Waals surface area contributed by atoms with E-state index in [2.05, 4.69) is 31.0 Å². The predicted molar refractivity (Wildman–Crippen MR) is 115 cm³/mol. The molecule has 0 spiro atoms. The first-order valence-corrected chi connectivity index (χ1v) is 9.04. The molecular weight excluding hydrogens is 436 g/mol. The van der Waals surface area contributed by atoms with Crippen LogP contribution >= 0.6 is 0 Å². The number of aromatic nitrogens is 2. The number of amides is 2. The molecule has 166 valence electrons. The first kappa shape index (κ1) is 22.4. The van der Waals surface area contributed by atoms with E-state index in [-0.39, 0.29) is 22.8 Å². The molecule has 0 saturated heterocycles. The number of nitrogens with zero attached hydrogens (tertiary/aromatic N) is 5. The summed E-state index contributed by atoms with van der Waals surface area (Å²) >= 11 is 0. The molecule has 0 aliphatic heterocycles. The molecule has 33 heavy (non-hydrogen) atoms. The molecule has 0 radical (unpaired) electrons. The number of non-ortho nitro benzene ring substituents is 2. The molecule has 2 aromatic carbocycles. The summed E-state index contributed by atoms with van der Waals surface area (Å²) in [6.45, 7) is 0. The number of rotatable bonds is 8. The summed E-state index contributed by atoms with van der Waals surface area (Å²) < 4.78 is 0. The highest BCUT2D eigenvalue weighted by molar-refractivity contribution is 6.05. The van der Waals surface area contributed by atoms with Gasteiger partial charge in [0.25, 0.3) is 23.2 Å². The van der Waals surface area contributed by atoms with E-state index in [9.17, 15) is 29.8 Å². The second-order valence-electron chi connectivity index (χ2n) is 6.23. The lowest BCUT2D eigenvalue weighted by Gasteiger charge is -2.01. The highest BCUT2D eigenvalue weighted by Crippen LogP contribution is 2.12. The lowest BCUT2D eigenvalue weighted by Crippen LogP contribution is -2.25. The quantitative estimate of drug-likeness (QED) is 0.264. The molecule has 3 N–H and O–H groups in total. The van der Waals surface area contributed by atoms with Gasteiger partial charge in [-0.25, -0.2) is 15.8 Å². The third-order valence-corrected chi connectivity index (χ3v) is 4.00. The van der Waals surface area contributed by atoms with Gasteiger partial charge in [0.2, 0.25) is 0 Å². The zero-order chi connectivity index (χ0) is 23.8. The van der Waals surface area contributed by atoms with Crippen LogP contribution in [0.5, 0.6) is 0 Å². The molecule has 2 amide bonds. The van der Waals surface area contributed by atoms with Crippen LogP contribution < -0.4 is 10.9 Å². The molecular formula is C19H14N8O6. The Bertz CT molecular complexity index is 1190. The number of nitro benzene ring substituents is 2. The zero-order valence-corrected chi connectivity index (χ0v) is 16.5. The van der Waals surface area contributed by atoms with Gasteiger partial charge in [-0.3, -0.25) is 29.8 Å². The topological polar surface area (TPSA) is 198 Å². The lowest BCUT2D eigenvalue weighted by molar-refractivity contribution is -0.385. The van der Waals surface area contributed by atoms with Gasteiger partial charge in [-0.2, -0.15) is 10.2 Å². The Kier molecular flexibility index (Phi) is 6.90. The molecule has 14 heteroatoms. The molecule has 0 fully saturated rings. The van der Waals surface area contributed by atoms with Crippen LogP contribution in [0, 0.1) is 20.2 Å². The first-order valence-electron chi connectivity index (χ1n) is 9.04. The molecule has 3 aromatic rings. The first-order chi connectivity index (χ1) is 15.8. The highest BCUT2D eigenvalue weighted by atomic mass is 16.6. The minimum atomic E-state index is -0.814. The lowest BCUT2D eigenvalue weighted by atomic mass is 10.2. The van der Waals surface area contributed by atoms with Gasteiger partial charge in [0.05, 0.1) is 28.6 Å². The summed E-state index contributed by atoms with van der Waals surface area (Å²) in [6.07, 6.45) is 3.52. The van der Waals surface area contributed by atoms with Gasteiger partial charge in [-0.15, -0.1) is 0 Å². The van der Waals surface area contributed by atoms with Crippen molar-refractivity contribution in [3.8, 4) is 0 Å². The monoisotopic (exact) mass is 450 g/mol. The van der Waals surface area contributed by atoms with E-state index in [1.807, 2.05) is 0 Å². The van der Waals surface area contributed by atoms with Gasteiger partial charge in [0.15, 0.2) is 5.69 Å². The molecule has 14 nitrogen and oxygen atoms in total. The summed E-state index contributed by atoms with van der Waals surface area (Å²) in [5, 5.41) is 29.0. The zero-order valence-electron chi connectivity index (χ0n) is 16.5. The third-order valence-electron chi connectivity index (χ3n) is 4.00. The molecule has 0 atom stereocenters. The van der Waals surface area contributed by atoms with Crippen LogP contribution in [0.1, 0.15) is 32.1 Å². The fraction of sp³-hybridized carbons (Fsp3) is 0. The Morgan fingerprint density at radius 3 is 1.91 bits per heavy atom. The highest BCUT2D eigenvalue weighted by Gasteiger charge is 2.20. The summed E-state index contributed by atoms with van der Waals surface area (Å²) in [5.74, 6) is -1.60. The maximum absolute atomic E-state index is 12.3. The number of imidazole rings is 1. The third kappa shape index (κ3) is 5.88. The van der Waals surface area contributed by atoms with E-state index in [4.69, 9.17) is 0 Å². The number of aromatic amines is 1. The van der Waals surface area contributed by atoms with Gasteiger partial charge < -0.3 is 4.98 Å². The van der Waals surface area contributed by atoms with Crippen molar-refractivity contribution >= 4 is 35.6 Å². The average molecular weight is 450 g/mol. The Hall–Kier alpha value is -5.27. The number of hydrogen-bond acceptors (Lipinski definition) is 9. The van der Waals surface area contributed by atoms with E-state index in [0.717, 1.165) is 6.33 Å². The Labute approximate surface area is 184 Å². The summed E-state index contributed by atoms with van der Waals surface area (Å²) in [7, 11) is 0. The van der Waals surface area contributed by atoms with Gasteiger partial charge in [-0.1, -0.05) is 24.3 Å². The van der Waals surface area contributed by atoms with Crippen LogP contribution in [0.4, 0.5) is 11.4 Å². The van der Waals surface area contributed by atoms with Crippen molar-refractivity contribution in [2.75, 3.05) is 0 Å². The van der Waals surface area contributed by atoms with Crippen LogP contribution in [-0.4, -0.2) is 44.1 Å². The van der Waals surface area contributed by atoms with E-state index >= 15 is 0 Å². The normalized spacial score (nSPS) is 10.9. The number of nitrogens with one attached hydrogen (secondary N) is 3. The van der Waals surface area contributed by atoms with Gasteiger partial charge in [0, 0.05) is 35.4 Å². The van der Waals surface area contributed by atoms with Crippen LogP contribution in [0.25, 0.3) is 0 Å². The minimum Gasteiger partial charge on any atom is -0.340 e. The molecule has 0 aliphatic rings. The number of hydrogen-bond donors (Lipinski definition) is 3. The van der Waals surface area contributed by atoms with Crippen LogP contribution in [0.2, 0.25) is 0 Å². The number of carbonyl (C=O) groups excluding carboxylic acids is 2. The number of nitro groups is 2. The van der Waals surface area contributed by atoms with Crippen LogP contribution in [0.3, 0.4) is 0 Å². The van der Waals surface area contributed by atoms with Crippen LogP contribution in [-0.2, 0) is 0 Å². The van der Waals surface area contributed by atoms with Crippen molar-refractivity contribution in [3.05, 3.63) is 97.6 Å². The van der Waals surface area contributed by atoms with Crippen molar-refractivity contribution in [1.82, 2.24) is 20.8 Å². The van der Waals surface area contributed by atoms with E-state index in [1.54, 1.807) is 12.1 Å². The van der Waals surface area contributed by atoms with Gasteiger partial charge >= 0.3 is 0 Å². The molecule has 0 saturated carbocycles. The van der Waals surface area contributed by atoms with E-state index in [0.29, 0.717) is 11.1 Å². The average Bonchev–Trinajstić information content (AvgIpc) is 3.29. The number of hydrazone groups is 2. The fourth-order valence-corrected chi connectivity index (χ4v) is 2.52. The Balaban J connectivity index is 1.62. The van der Waals surface area contributed by atoms with Crippen LogP contribution in [0.15, 0.2) is 65.1 Å². The maximum atomic E-state index is 12.3. The van der Waals surface area contributed by atoms with Gasteiger partial charge in [-0.05, 0) is 0 Å². The molecule has 0 aliphatic carbocycles. The van der Waals surface area contributed by atoms with Crippen molar-refractivity contribution < 1.29 is 19.4 Å². The van der Waals surface area contributed by atoms with E-state index < -0.39 is 21.7 Å². The molecule has 0 bridgehead atoms. The Morgan fingerprint density at radius 1 is 0.879 bits per heavy atom. The summed E-state index contributed by atoms with van der Waals surface area (Å²) in [5.41, 5.74) is 4.37. The van der Waals surface area contributed by atoms with Crippen molar-refractivity contribution in [1.29, 1.82) is 0 Å². The number of carbonyl (C=O) groups is 2. The van der Waals surface area contributed by atoms with Crippen molar-refractivity contribution in [2.45, 2.75) is 0 Å². The second-order valence-corrected chi connectivity index (χ2v) is 6.23. The molecule has 1 heterocycles. The number of H-pyrrole nitrogens is 1.